The highest BCUT2D eigenvalue weighted by molar-refractivity contribution is 6.29. The molecule has 2 rings (SSSR count). The van der Waals surface area contributed by atoms with Gasteiger partial charge in [-0.05, 0) is 38.9 Å². The SMILES string of the molecule is C1CCCNCC1.CCOC(=O)c1cnc(Cl)cc1N. The second-order valence-electron chi connectivity index (χ2n) is 4.48. The minimum absolute atomic E-state index is 0.242. The number of rotatable bonds is 2. The molecule has 1 aliphatic heterocycles. The molecule has 0 amide bonds. The third-order valence-corrected chi connectivity index (χ3v) is 3.06. The first-order valence-corrected chi connectivity index (χ1v) is 7.31. The Kier molecular flexibility index (Phi) is 7.99. The van der Waals surface area contributed by atoms with Crippen molar-refractivity contribution in [2.45, 2.75) is 32.6 Å². The predicted molar refractivity (Wildman–Crippen MR) is 81.0 cm³/mol. The standard InChI is InChI=1S/C8H9ClN2O2.C6H13N/c1-2-13-8(12)5-4-11-7(9)3-6(5)10;1-2-4-6-7-5-3-1/h3-4H,2H2,1H3,(H2,10,11);7H,1-6H2. The van der Waals surface area contributed by atoms with Crippen LogP contribution in [0.3, 0.4) is 0 Å². The lowest BCUT2D eigenvalue weighted by molar-refractivity contribution is 0.0527. The third kappa shape index (κ3) is 6.21. The van der Waals surface area contributed by atoms with Crippen LogP contribution in [-0.4, -0.2) is 30.6 Å². The molecule has 2 heterocycles. The molecule has 1 fully saturated rings. The van der Waals surface area contributed by atoms with E-state index in [1.807, 2.05) is 0 Å². The average molecular weight is 300 g/mol. The lowest BCUT2D eigenvalue weighted by atomic mass is 10.2. The Hall–Kier alpha value is -1.33. The Morgan fingerprint density at radius 1 is 1.40 bits per heavy atom. The largest absolute Gasteiger partial charge is 0.462 e. The summed E-state index contributed by atoms with van der Waals surface area (Å²) in [5.74, 6) is -0.482. The van der Waals surface area contributed by atoms with Gasteiger partial charge in [0, 0.05) is 6.20 Å². The summed E-state index contributed by atoms with van der Waals surface area (Å²) in [6.45, 7) is 4.53. The highest BCUT2D eigenvalue weighted by Gasteiger charge is 2.10. The van der Waals surface area contributed by atoms with Crippen LogP contribution in [0.25, 0.3) is 0 Å². The van der Waals surface area contributed by atoms with E-state index in [0.717, 1.165) is 0 Å². The van der Waals surface area contributed by atoms with Gasteiger partial charge in [0.15, 0.2) is 0 Å². The number of hydrogen-bond donors (Lipinski definition) is 2. The van der Waals surface area contributed by atoms with Gasteiger partial charge in [-0.3, -0.25) is 0 Å². The molecule has 0 atom stereocenters. The molecule has 0 saturated carbocycles. The van der Waals surface area contributed by atoms with Gasteiger partial charge in [-0.1, -0.05) is 24.4 Å². The number of ether oxygens (including phenoxy) is 1. The second kappa shape index (κ2) is 9.55. The number of carbonyl (C=O) groups excluding carboxylic acids is 1. The van der Waals surface area contributed by atoms with Crippen molar-refractivity contribution in [3.63, 3.8) is 0 Å². The lowest BCUT2D eigenvalue weighted by Crippen LogP contribution is -2.12. The number of carbonyl (C=O) groups is 1. The topological polar surface area (TPSA) is 77.2 Å². The van der Waals surface area contributed by atoms with Gasteiger partial charge in [0.2, 0.25) is 0 Å². The molecule has 112 valence electrons. The van der Waals surface area contributed by atoms with Crippen molar-refractivity contribution in [2.24, 2.45) is 0 Å². The van der Waals surface area contributed by atoms with Gasteiger partial charge in [-0.15, -0.1) is 0 Å². The van der Waals surface area contributed by atoms with Gasteiger partial charge < -0.3 is 15.8 Å². The summed E-state index contributed by atoms with van der Waals surface area (Å²) in [5.41, 5.74) is 6.05. The minimum atomic E-state index is -0.482. The van der Waals surface area contributed by atoms with Crippen LogP contribution in [0.1, 0.15) is 43.0 Å². The summed E-state index contributed by atoms with van der Waals surface area (Å²) in [6, 6.07) is 1.41. The van der Waals surface area contributed by atoms with E-state index in [2.05, 4.69) is 10.3 Å². The number of nitrogens with two attached hydrogens (primary N) is 1. The molecule has 1 aliphatic rings. The van der Waals surface area contributed by atoms with Gasteiger partial charge in [0.1, 0.15) is 10.7 Å². The third-order valence-electron chi connectivity index (χ3n) is 2.86. The molecule has 1 saturated heterocycles. The first kappa shape index (κ1) is 16.7. The maximum Gasteiger partial charge on any atom is 0.341 e. The van der Waals surface area contributed by atoms with Crippen LogP contribution in [-0.2, 0) is 4.74 Å². The summed E-state index contributed by atoms with van der Waals surface area (Å²) in [6.07, 6.45) is 6.95. The number of pyridine rings is 1. The van der Waals surface area contributed by atoms with Crippen molar-refractivity contribution in [3.05, 3.63) is 23.0 Å². The molecule has 5 nitrogen and oxygen atoms in total. The fraction of sp³-hybridized carbons (Fsp3) is 0.571. The highest BCUT2D eigenvalue weighted by atomic mass is 35.5. The number of hydrogen-bond acceptors (Lipinski definition) is 5. The van der Waals surface area contributed by atoms with Gasteiger partial charge in [0.25, 0.3) is 0 Å². The maximum absolute atomic E-state index is 11.2. The molecule has 0 bridgehead atoms. The molecule has 6 heteroatoms. The summed E-state index contributed by atoms with van der Waals surface area (Å²) in [5, 5.41) is 3.60. The Morgan fingerprint density at radius 2 is 2.05 bits per heavy atom. The van der Waals surface area contributed by atoms with Crippen LogP contribution < -0.4 is 11.1 Å². The van der Waals surface area contributed by atoms with Gasteiger partial charge in [0.05, 0.1) is 12.3 Å². The van der Waals surface area contributed by atoms with E-state index >= 15 is 0 Å². The van der Waals surface area contributed by atoms with E-state index < -0.39 is 5.97 Å². The second-order valence-corrected chi connectivity index (χ2v) is 4.87. The van der Waals surface area contributed by atoms with E-state index in [1.54, 1.807) is 6.92 Å². The van der Waals surface area contributed by atoms with Crippen LogP contribution in [0.4, 0.5) is 5.69 Å². The monoisotopic (exact) mass is 299 g/mol. The van der Waals surface area contributed by atoms with Crippen molar-refractivity contribution >= 4 is 23.3 Å². The van der Waals surface area contributed by atoms with Crippen LogP contribution in [0.5, 0.6) is 0 Å². The summed E-state index contributed by atoms with van der Waals surface area (Å²) >= 11 is 5.56. The van der Waals surface area contributed by atoms with Crippen molar-refractivity contribution < 1.29 is 9.53 Å². The quantitative estimate of drug-likeness (QED) is 0.648. The summed E-state index contributed by atoms with van der Waals surface area (Å²) < 4.78 is 4.75. The lowest BCUT2D eigenvalue weighted by Gasteiger charge is -2.03. The first-order valence-electron chi connectivity index (χ1n) is 6.94. The van der Waals surface area contributed by atoms with E-state index in [1.165, 1.54) is 51.0 Å². The van der Waals surface area contributed by atoms with Gasteiger partial charge in [-0.2, -0.15) is 0 Å². The van der Waals surface area contributed by atoms with Gasteiger partial charge in [-0.25, -0.2) is 9.78 Å². The fourth-order valence-corrected chi connectivity index (χ4v) is 1.97. The number of aromatic nitrogens is 1. The number of nitrogens with zero attached hydrogens (tertiary/aromatic N) is 1. The number of nitrogen functional groups attached to an aromatic ring is 1. The average Bonchev–Trinajstić information content (AvgIpc) is 2.71. The molecule has 0 aliphatic carbocycles. The molecule has 0 radical (unpaired) electrons. The molecule has 1 aromatic heterocycles. The molecule has 20 heavy (non-hydrogen) atoms. The van der Waals surface area contributed by atoms with Crippen LogP contribution in [0.15, 0.2) is 12.3 Å². The number of esters is 1. The summed E-state index contributed by atoms with van der Waals surface area (Å²) in [4.78, 5) is 14.9. The fourth-order valence-electron chi connectivity index (χ4n) is 1.80. The normalized spacial score (nSPS) is 14.7. The number of nitrogens with one attached hydrogen (secondary N) is 1. The molecule has 3 N–H and O–H groups in total. The van der Waals surface area contributed by atoms with E-state index in [0.29, 0.717) is 6.61 Å². The van der Waals surface area contributed by atoms with Crippen molar-refractivity contribution in [1.82, 2.24) is 10.3 Å². The maximum atomic E-state index is 11.2. The molecule has 1 aromatic rings. The minimum Gasteiger partial charge on any atom is -0.462 e. The highest BCUT2D eigenvalue weighted by Crippen LogP contribution is 2.15. The van der Waals surface area contributed by atoms with Gasteiger partial charge >= 0.3 is 5.97 Å². The van der Waals surface area contributed by atoms with E-state index in [9.17, 15) is 4.79 Å². The Bertz CT molecular complexity index is 407. The Morgan fingerprint density at radius 3 is 2.60 bits per heavy atom. The van der Waals surface area contributed by atoms with Crippen LogP contribution in [0, 0.1) is 0 Å². The predicted octanol–water partition coefficient (Wildman–Crippen LogP) is 2.64. The molecule has 0 spiro atoms. The first-order chi connectivity index (χ1) is 9.65. The smallest absolute Gasteiger partial charge is 0.341 e. The zero-order valence-electron chi connectivity index (χ0n) is 11.8. The van der Waals surface area contributed by atoms with Crippen molar-refractivity contribution in [2.75, 3.05) is 25.4 Å². The molecular weight excluding hydrogens is 278 g/mol. The Balaban J connectivity index is 0.000000240. The molecular formula is C14H22ClN3O2. The Labute approximate surface area is 124 Å². The van der Waals surface area contributed by atoms with Crippen molar-refractivity contribution in [1.29, 1.82) is 0 Å². The van der Waals surface area contributed by atoms with E-state index in [-0.39, 0.29) is 16.4 Å². The van der Waals surface area contributed by atoms with Crippen LogP contribution >= 0.6 is 11.6 Å². The molecule has 0 unspecified atom stereocenters. The van der Waals surface area contributed by atoms with Crippen molar-refractivity contribution in [3.8, 4) is 0 Å². The zero-order valence-corrected chi connectivity index (χ0v) is 12.6. The number of anilines is 1. The number of halogens is 1. The van der Waals surface area contributed by atoms with Crippen LogP contribution in [0.2, 0.25) is 5.15 Å². The zero-order chi connectivity index (χ0) is 14.8. The molecule has 0 aromatic carbocycles. The van der Waals surface area contributed by atoms with E-state index in [4.69, 9.17) is 22.1 Å². The summed E-state index contributed by atoms with van der Waals surface area (Å²) in [7, 11) is 0.